The van der Waals surface area contributed by atoms with Crippen molar-refractivity contribution in [3.63, 3.8) is 0 Å². The molecule has 6 nitrogen and oxygen atoms in total. The van der Waals surface area contributed by atoms with E-state index in [1.165, 1.54) is 12.5 Å². The molecule has 0 saturated heterocycles. The van der Waals surface area contributed by atoms with Crippen LogP contribution in [0.15, 0.2) is 30.7 Å². The summed E-state index contributed by atoms with van der Waals surface area (Å²) in [6.45, 7) is 0. The monoisotopic (exact) mass is 248 g/mol. The van der Waals surface area contributed by atoms with Crippen molar-refractivity contribution < 1.29 is 19.4 Å². The summed E-state index contributed by atoms with van der Waals surface area (Å²) in [6, 6.07) is 5.25. The van der Waals surface area contributed by atoms with Gasteiger partial charge in [0.15, 0.2) is 5.69 Å². The number of ether oxygens (including phenoxy) is 2. The second-order valence-electron chi connectivity index (χ2n) is 3.51. The average Bonchev–Trinajstić information content (AvgIpc) is 2.87. The predicted octanol–water partition coefficient (Wildman–Crippen LogP) is 1.59. The fourth-order valence-corrected chi connectivity index (χ4v) is 1.56. The maximum Gasteiger partial charge on any atom is 0.356 e. The SMILES string of the molecule is COc1ccc(OC)c(-n2cnc(C(=O)O)c2)c1. The first-order valence-corrected chi connectivity index (χ1v) is 5.15. The van der Waals surface area contributed by atoms with Crippen molar-refractivity contribution in [1.82, 2.24) is 9.55 Å². The van der Waals surface area contributed by atoms with E-state index in [0.29, 0.717) is 17.2 Å². The van der Waals surface area contributed by atoms with Crippen molar-refractivity contribution in [1.29, 1.82) is 0 Å². The number of aromatic carboxylic acids is 1. The van der Waals surface area contributed by atoms with Gasteiger partial charge in [-0.25, -0.2) is 9.78 Å². The molecule has 0 unspecified atom stereocenters. The van der Waals surface area contributed by atoms with E-state index in [1.807, 2.05) is 0 Å². The van der Waals surface area contributed by atoms with Crippen LogP contribution in [-0.2, 0) is 0 Å². The molecule has 0 bridgehead atoms. The number of nitrogens with zero attached hydrogens (tertiary/aromatic N) is 2. The van der Waals surface area contributed by atoms with E-state index in [2.05, 4.69) is 4.98 Å². The highest BCUT2D eigenvalue weighted by Gasteiger charge is 2.11. The molecule has 0 amide bonds. The smallest absolute Gasteiger partial charge is 0.356 e. The third-order valence-electron chi connectivity index (χ3n) is 2.47. The third-order valence-corrected chi connectivity index (χ3v) is 2.47. The van der Waals surface area contributed by atoms with Crippen LogP contribution in [-0.4, -0.2) is 34.8 Å². The molecule has 0 aliphatic heterocycles. The van der Waals surface area contributed by atoms with Gasteiger partial charge in [0.05, 0.1) is 19.9 Å². The standard InChI is InChI=1S/C12H12N2O4/c1-17-8-3-4-11(18-2)10(5-8)14-6-9(12(15)16)13-7-14/h3-7H,1-2H3,(H,15,16). The van der Waals surface area contributed by atoms with Gasteiger partial charge >= 0.3 is 5.97 Å². The summed E-state index contributed by atoms with van der Waals surface area (Å²) in [4.78, 5) is 14.6. The van der Waals surface area contributed by atoms with Crippen LogP contribution < -0.4 is 9.47 Å². The molecule has 18 heavy (non-hydrogen) atoms. The number of hydrogen-bond donors (Lipinski definition) is 1. The summed E-state index contributed by atoms with van der Waals surface area (Å²) in [5, 5.41) is 8.84. The Balaban J connectivity index is 2.50. The highest BCUT2D eigenvalue weighted by atomic mass is 16.5. The first-order valence-electron chi connectivity index (χ1n) is 5.15. The number of methoxy groups -OCH3 is 2. The zero-order chi connectivity index (χ0) is 13.1. The molecule has 2 aromatic rings. The van der Waals surface area contributed by atoms with E-state index in [4.69, 9.17) is 14.6 Å². The fraction of sp³-hybridized carbons (Fsp3) is 0.167. The number of aromatic nitrogens is 2. The van der Waals surface area contributed by atoms with Crippen LogP contribution >= 0.6 is 0 Å². The minimum atomic E-state index is -1.07. The maximum atomic E-state index is 10.8. The molecule has 0 saturated carbocycles. The molecule has 0 aliphatic rings. The predicted molar refractivity (Wildman–Crippen MR) is 63.6 cm³/mol. The highest BCUT2D eigenvalue weighted by molar-refractivity contribution is 5.85. The highest BCUT2D eigenvalue weighted by Crippen LogP contribution is 2.27. The second kappa shape index (κ2) is 4.79. The van der Waals surface area contributed by atoms with Crippen LogP contribution in [0.4, 0.5) is 0 Å². The lowest BCUT2D eigenvalue weighted by atomic mass is 10.2. The van der Waals surface area contributed by atoms with Gasteiger partial charge in [-0.15, -0.1) is 0 Å². The zero-order valence-corrected chi connectivity index (χ0v) is 9.95. The summed E-state index contributed by atoms with van der Waals surface area (Å²) in [5.41, 5.74) is 0.636. The molecule has 0 fully saturated rings. The Morgan fingerprint density at radius 3 is 2.67 bits per heavy atom. The van der Waals surface area contributed by atoms with Gasteiger partial charge in [-0.2, -0.15) is 0 Å². The van der Waals surface area contributed by atoms with Gasteiger partial charge in [0, 0.05) is 12.3 Å². The molecule has 1 N–H and O–H groups in total. The molecule has 1 aromatic carbocycles. The Kier molecular flexibility index (Phi) is 3.18. The molecule has 0 aliphatic carbocycles. The minimum Gasteiger partial charge on any atom is -0.497 e. The molecular weight excluding hydrogens is 236 g/mol. The topological polar surface area (TPSA) is 73.6 Å². The molecule has 0 atom stereocenters. The Hall–Kier alpha value is -2.50. The van der Waals surface area contributed by atoms with Crippen molar-refractivity contribution in [2.75, 3.05) is 14.2 Å². The van der Waals surface area contributed by atoms with Gasteiger partial charge in [0.1, 0.15) is 17.8 Å². The summed E-state index contributed by atoms with van der Waals surface area (Å²) in [6.07, 6.45) is 2.83. The van der Waals surface area contributed by atoms with Crippen LogP contribution in [0, 0.1) is 0 Å². The lowest BCUT2D eigenvalue weighted by molar-refractivity contribution is 0.0691. The number of rotatable bonds is 4. The first kappa shape index (κ1) is 12.0. The maximum absolute atomic E-state index is 10.8. The van der Waals surface area contributed by atoms with Crippen LogP contribution in [0.3, 0.4) is 0 Å². The van der Waals surface area contributed by atoms with Gasteiger partial charge in [0.25, 0.3) is 0 Å². The van der Waals surface area contributed by atoms with Crippen molar-refractivity contribution in [3.05, 3.63) is 36.4 Å². The fourth-order valence-electron chi connectivity index (χ4n) is 1.56. The van der Waals surface area contributed by atoms with Gasteiger partial charge in [-0.1, -0.05) is 0 Å². The van der Waals surface area contributed by atoms with Gasteiger partial charge in [-0.3, -0.25) is 0 Å². The van der Waals surface area contributed by atoms with Crippen molar-refractivity contribution in [3.8, 4) is 17.2 Å². The van der Waals surface area contributed by atoms with Crippen molar-refractivity contribution in [2.45, 2.75) is 0 Å². The molecular formula is C12H12N2O4. The summed E-state index contributed by atoms with van der Waals surface area (Å²) >= 11 is 0. The Labute approximate surface area is 103 Å². The third kappa shape index (κ3) is 2.13. The minimum absolute atomic E-state index is 0.0279. The Morgan fingerprint density at radius 2 is 2.11 bits per heavy atom. The number of imidazole rings is 1. The van der Waals surface area contributed by atoms with E-state index in [1.54, 1.807) is 37.0 Å². The number of carboxylic acids is 1. The van der Waals surface area contributed by atoms with Gasteiger partial charge in [-0.05, 0) is 12.1 Å². The summed E-state index contributed by atoms with van der Waals surface area (Å²) in [5.74, 6) is 0.178. The van der Waals surface area contributed by atoms with E-state index in [-0.39, 0.29) is 5.69 Å². The Morgan fingerprint density at radius 1 is 1.33 bits per heavy atom. The first-order chi connectivity index (χ1) is 8.65. The van der Waals surface area contributed by atoms with E-state index >= 15 is 0 Å². The molecule has 1 aromatic heterocycles. The van der Waals surface area contributed by atoms with Gasteiger partial charge < -0.3 is 19.1 Å². The normalized spacial score (nSPS) is 10.1. The molecule has 2 rings (SSSR count). The summed E-state index contributed by atoms with van der Waals surface area (Å²) in [7, 11) is 3.10. The molecule has 94 valence electrons. The van der Waals surface area contributed by atoms with Crippen LogP contribution in [0.25, 0.3) is 5.69 Å². The Bertz CT molecular complexity index is 577. The number of carboxylic acid groups (broad SMARTS) is 1. The number of hydrogen-bond acceptors (Lipinski definition) is 4. The molecule has 6 heteroatoms. The molecule has 1 heterocycles. The largest absolute Gasteiger partial charge is 0.497 e. The van der Waals surface area contributed by atoms with Crippen LogP contribution in [0.1, 0.15) is 10.5 Å². The van der Waals surface area contributed by atoms with E-state index < -0.39 is 5.97 Å². The quantitative estimate of drug-likeness (QED) is 0.889. The number of carbonyl (C=O) groups is 1. The lowest BCUT2D eigenvalue weighted by Crippen LogP contribution is -1.98. The van der Waals surface area contributed by atoms with Gasteiger partial charge in [0.2, 0.25) is 0 Å². The second-order valence-corrected chi connectivity index (χ2v) is 3.51. The van der Waals surface area contributed by atoms with Crippen LogP contribution in [0.2, 0.25) is 0 Å². The van der Waals surface area contributed by atoms with E-state index in [0.717, 1.165) is 0 Å². The van der Waals surface area contributed by atoms with E-state index in [9.17, 15) is 4.79 Å². The van der Waals surface area contributed by atoms with Crippen LogP contribution in [0.5, 0.6) is 11.5 Å². The molecule has 0 spiro atoms. The zero-order valence-electron chi connectivity index (χ0n) is 9.95. The van der Waals surface area contributed by atoms with Crippen molar-refractivity contribution in [2.24, 2.45) is 0 Å². The van der Waals surface area contributed by atoms with Crippen molar-refractivity contribution >= 4 is 5.97 Å². The average molecular weight is 248 g/mol. The molecule has 0 radical (unpaired) electrons. The lowest BCUT2D eigenvalue weighted by Gasteiger charge is -2.10. The number of benzene rings is 1. The summed E-state index contributed by atoms with van der Waals surface area (Å²) < 4.78 is 11.9.